The highest BCUT2D eigenvalue weighted by Crippen LogP contribution is 2.24. The van der Waals surface area contributed by atoms with Crippen molar-refractivity contribution >= 4 is 37.3 Å². The van der Waals surface area contributed by atoms with E-state index in [1.54, 1.807) is 19.1 Å². The summed E-state index contributed by atoms with van der Waals surface area (Å²) >= 11 is 0. The quantitative estimate of drug-likeness (QED) is 0.688. The number of aryl methyl sites for hydroxylation is 1. The topological polar surface area (TPSA) is 122 Å². The van der Waals surface area contributed by atoms with E-state index in [0.29, 0.717) is 18.9 Å². The Morgan fingerprint density at radius 2 is 1.57 bits per heavy atom. The van der Waals surface area contributed by atoms with E-state index in [1.165, 1.54) is 41.6 Å². The highest BCUT2D eigenvalue weighted by molar-refractivity contribution is 7.92. The molecule has 1 heterocycles. The van der Waals surface area contributed by atoms with Gasteiger partial charge in [-0.2, -0.15) is 4.31 Å². The molecule has 0 bridgehead atoms. The van der Waals surface area contributed by atoms with Crippen LogP contribution in [0.3, 0.4) is 0 Å². The molecule has 11 heteroatoms. The minimum absolute atomic E-state index is 0.0200. The molecule has 0 atom stereocenters. The van der Waals surface area contributed by atoms with Gasteiger partial charge >= 0.3 is 0 Å². The third kappa shape index (κ3) is 4.98. The average Bonchev–Trinajstić information content (AvgIpc) is 2.71. The molecule has 9 nitrogen and oxygen atoms in total. The summed E-state index contributed by atoms with van der Waals surface area (Å²) in [6, 6.07) is 9.83. The molecule has 2 aromatic carbocycles. The molecule has 1 saturated heterocycles. The number of ether oxygens (including phenoxy) is 1. The molecule has 0 aliphatic carbocycles. The third-order valence-electron chi connectivity index (χ3n) is 4.54. The lowest BCUT2D eigenvalue weighted by molar-refractivity contribution is -0.114. The lowest BCUT2D eigenvalue weighted by atomic mass is 10.2. The molecule has 162 valence electrons. The molecule has 0 spiro atoms. The molecular formula is C19H23N3O6S2. The number of benzene rings is 2. The smallest absolute Gasteiger partial charge is 0.261 e. The molecular weight excluding hydrogens is 430 g/mol. The lowest BCUT2D eigenvalue weighted by Crippen LogP contribution is -2.40. The fourth-order valence-electron chi connectivity index (χ4n) is 2.95. The number of morpholine rings is 1. The number of nitrogens with one attached hydrogen (secondary N) is 2. The van der Waals surface area contributed by atoms with Gasteiger partial charge in [-0.15, -0.1) is 0 Å². The standard InChI is InChI=1S/C19H23N3O6S2/c1-14-3-4-16(13-19(14)20-15(2)23)21-29(24,25)17-5-7-18(8-6-17)30(26,27)22-9-11-28-12-10-22/h3-8,13,21H,9-12H2,1-2H3,(H,20,23). The Labute approximate surface area is 176 Å². The van der Waals surface area contributed by atoms with Crippen LogP contribution in [-0.4, -0.2) is 53.4 Å². The van der Waals surface area contributed by atoms with Gasteiger partial charge in [0.15, 0.2) is 0 Å². The van der Waals surface area contributed by atoms with Crippen LogP contribution in [0.2, 0.25) is 0 Å². The van der Waals surface area contributed by atoms with Gasteiger partial charge in [0.05, 0.1) is 28.7 Å². The minimum Gasteiger partial charge on any atom is -0.379 e. The zero-order chi connectivity index (χ0) is 21.9. The van der Waals surface area contributed by atoms with Gasteiger partial charge in [0.1, 0.15) is 0 Å². The van der Waals surface area contributed by atoms with E-state index in [-0.39, 0.29) is 34.5 Å². The van der Waals surface area contributed by atoms with Crippen LogP contribution in [0.4, 0.5) is 11.4 Å². The summed E-state index contributed by atoms with van der Waals surface area (Å²) in [6.07, 6.45) is 0. The Morgan fingerprint density at radius 3 is 2.17 bits per heavy atom. The minimum atomic E-state index is -3.95. The SMILES string of the molecule is CC(=O)Nc1cc(NS(=O)(=O)c2ccc(S(=O)(=O)N3CCOCC3)cc2)ccc1C. The summed E-state index contributed by atoms with van der Waals surface area (Å²) in [4.78, 5) is 11.2. The Bertz CT molecular complexity index is 1140. The highest BCUT2D eigenvalue weighted by atomic mass is 32.2. The second-order valence-electron chi connectivity index (χ2n) is 6.80. The maximum Gasteiger partial charge on any atom is 0.261 e. The molecule has 1 aliphatic rings. The normalized spacial score (nSPS) is 15.5. The summed E-state index contributed by atoms with van der Waals surface area (Å²) in [7, 11) is -7.66. The van der Waals surface area contributed by atoms with Crippen molar-refractivity contribution in [2.45, 2.75) is 23.6 Å². The van der Waals surface area contributed by atoms with Gasteiger partial charge in [-0.3, -0.25) is 9.52 Å². The predicted octanol–water partition coefficient (Wildman–Crippen LogP) is 1.78. The molecule has 1 aliphatic heterocycles. The van der Waals surface area contributed by atoms with E-state index in [4.69, 9.17) is 4.74 Å². The molecule has 1 amide bonds. The van der Waals surface area contributed by atoms with Crippen molar-refractivity contribution in [2.24, 2.45) is 0 Å². The van der Waals surface area contributed by atoms with Gasteiger partial charge in [-0.1, -0.05) is 6.07 Å². The number of nitrogens with zero attached hydrogens (tertiary/aromatic N) is 1. The number of hydrogen-bond acceptors (Lipinski definition) is 6. The fraction of sp³-hybridized carbons (Fsp3) is 0.316. The molecule has 0 aromatic heterocycles. The van der Waals surface area contributed by atoms with Crippen molar-refractivity contribution in [2.75, 3.05) is 36.3 Å². The zero-order valence-electron chi connectivity index (χ0n) is 16.6. The van der Waals surface area contributed by atoms with Crippen molar-refractivity contribution in [3.63, 3.8) is 0 Å². The number of hydrogen-bond donors (Lipinski definition) is 2. The molecule has 1 fully saturated rings. The first-order chi connectivity index (χ1) is 14.1. The number of carbonyl (C=O) groups excluding carboxylic acids is 1. The van der Waals surface area contributed by atoms with Crippen LogP contribution in [0.5, 0.6) is 0 Å². The van der Waals surface area contributed by atoms with E-state index >= 15 is 0 Å². The summed E-state index contributed by atoms with van der Waals surface area (Å²) in [5.41, 5.74) is 1.55. The van der Waals surface area contributed by atoms with E-state index < -0.39 is 20.0 Å². The maximum atomic E-state index is 12.7. The average molecular weight is 454 g/mol. The Kier molecular flexibility index (Phi) is 6.46. The second kappa shape index (κ2) is 8.72. The largest absolute Gasteiger partial charge is 0.379 e. The molecule has 0 saturated carbocycles. The summed E-state index contributed by atoms with van der Waals surface area (Å²) in [6.45, 7) is 4.32. The van der Waals surface area contributed by atoms with Crippen LogP contribution in [0.15, 0.2) is 52.3 Å². The van der Waals surface area contributed by atoms with Gasteiger partial charge in [0, 0.05) is 25.7 Å². The zero-order valence-corrected chi connectivity index (χ0v) is 18.2. The molecule has 2 aromatic rings. The van der Waals surface area contributed by atoms with Crippen LogP contribution in [0, 0.1) is 6.92 Å². The third-order valence-corrected chi connectivity index (χ3v) is 7.85. The molecule has 30 heavy (non-hydrogen) atoms. The Balaban J connectivity index is 1.81. The molecule has 0 unspecified atom stereocenters. The van der Waals surface area contributed by atoms with Crippen molar-refractivity contribution in [3.05, 3.63) is 48.0 Å². The number of amides is 1. The van der Waals surface area contributed by atoms with Crippen LogP contribution >= 0.6 is 0 Å². The fourth-order valence-corrected chi connectivity index (χ4v) is 5.41. The van der Waals surface area contributed by atoms with Crippen molar-refractivity contribution in [1.29, 1.82) is 0 Å². The van der Waals surface area contributed by atoms with Crippen LogP contribution < -0.4 is 10.0 Å². The van der Waals surface area contributed by atoms with Crippen molar-refractivity contribution in [3.8, 4) is 0 Å². The van der Waals surface area contributed by atoms with Crippen LogP contribution in [-0.2, 0) is 29.6 Å². The second-order valence-corrected chi connectivity index (χ2v) is 10.4. The highest BCUT2D eigenvalue weighted by Gasteiger charge is 2.26. The van der Waals surface area contributed by atoms with E-state index in [9.17, 15) is 21.6 Å². The number of anilines is 2. The summed E-state index contributed by atoms with van der Waals surface area (Å²) < 4.78 is 59.7. The van der Waals surface area contributed by atoms with Gasteiger partial charge in [0.2, 0.25) is 15.9 Å². The molecule has 0 radical (unpaired) electrons. The van der Waals surface area contributed by atoms with E-state index in [2.05, 4.69) is 10.0 Å². The first-order valence-electron chi connectivity index (χ1n) is 9.18. The first-order valence-corrected chi connectivity index (χ1v) is 12.1. The Hall–Kier alpha value is -2.47. The van der Waals surface area contributed by atoms with Gasteiger partial charge in [-0.25, -0.2) is 16.8 Å². The van der Waals surface area contributed by atoms with Gasteiger partial charge in [-0.05, 0) is 48.9 Å². The van der Waals surface area contributed by atoms with Crippen molar-refractivity contribution < 1.29 is 26.4 Å². The van der Waals surface area contributed by atoms with Crippen LogP contribution in [0.25, 0.3) is 0 Å². The molecule has 3 rings (SSSR count). The maximum absolute atomic E-state index is 12.7. The summed E-state index contributed by atoms with van der Waals surface area (Å²) in [5.74, 6) is -0.268. The number of sulfonamides is 2. The van der Waals surface area contributed by atoms with Gasteiger partial charge in [0.25, 0.3) is 10.0 Å². The van der Waals surface area contributed by atoms with E-state index in [1.807, 2.05) is 0 Å². The predicted molar refractivity (Wildman–Crippen MR) is 112 cm³/mol. The van der Waals surface area contributed by atoms with Crippen molar-refractivity contribution in [1.82, 2.24) is 4.31 Å². The summed E-state index contributed by atoms with van der Waals surface area (Å²) in [5, 5.41) is 2.64. The Morgan fingerprint density at radius 1 is 0.967 bits per heavy atom. The number of carbonyl (C=O) groups is 1. The number of rotatable bonds is 6. The van der Waals surface area contributed by atoms with Gasteiger partial charge < -0.3 is 10.1 Å². The lowest BCUT2D eigenvalue weighted by Gasteiger charge is -2.26. The monoisotopic (exact) mass is 453 g/mol. The first kappa shape index (κ1) is 22.2. The van der Waals surface area contributed by atoms with Crippen LogP contribution in [0.1, 0.15) is 12.5 Å². The van der Waals surface area contributed by atoms with E-state index in [0.717, 1.165) is 5.56 Å². The molecule has 2 N–H and O–H groups in total.